The van der Waals surface area contributed by atoms with E-state index in [1.165, 1.54) is 17.0 Å². The first-order chi connectivity index (χ1) is 7.34. The second-order valence-corrected chi connectivity index (χ2v) is 4.84. The van der Waals surface area contributed by atoms with E-state index in [0.717, 1.165) is 23.4 Å². The Morgan fingerprint density at radius 2 is 2.07 bits per heavy atom. The van der Waals surface area contributed by atoms with E-state index in [9.17, 15) is 5.11 Å². The molecule has 3 rings (SSSR count). The van der Waals surface area contributed by atoms with Gasteiger partial charge in [-0.2, -0.15) is 0 Å². The molecule has 76 valence electrons. The number of hydrogen-bond acceptors (Lipinski definition) is 3. The number of phenols is 1. The first kappa shape index (κ1) is 8.92. The molecule has 15 heavy (non-hydrogen) atoms. The van der Waals surface area contributed by atoms with Gasteiger partial charge in [-0.15, -0.1) is 11.3 Å². The Kier molecular flexibility index (Phi) is 1.99. The summed E-state index contributed by atoms with van der Waals surface area (Å²) in [6, 6.07) is 7.40. The Hall–Kier alpha value is -1.35. The maximum Gasteiger partial charge on any atom is 0.127 e. The fraction of sp³-hybridized carbons (Fsp3) is 0.250. The largest absolute Gasteiger partial charge is 0.507 e. The molecule has 1 aliphatic rings. The molecule has 2 nitrogen and oxygen atoms in total. The van der Waals surface area contributed by atoms with Crippen molar-refractivity contribution in [2.75, 3.05) is 0 Å². The predicted octanol–water partition coefficient (Wildman–Crippen LogP) is 3.00. The van der Waals surface area contributed by atoms with E-state index < -0.39 is 0 Å². The molecule has 1 aromatic heterocycles. The van der Waals surface area contributed by atoms with Crippen LogP contribution in [-0.2, 0) is 12.8 Å². The summed E-state index contributed by atoms with van der Waals surface area (Å²) in [5.41, 5.74) is 2.09. The van der Waals surface area contributed by atoms with Crippen molar-refractivity contribution >= 4 is 11.3 Å². The molecule has 0 spiro atoms. The normalized spacial score (nSPS) is 14.1. The van der Waals surface area contributed by atoms with Crippen LogP contribution in [0.1, 0.15) is 17.0 Å². The molecule has 0 radical (unpaired) electrons. The molecule has 0 bridgehead atoms. The van der Waals surface area contributed by atoms with Gasteiger partial charge in [0.15, 0.2) is 0 Å². The lowest BCUT2D eigenvalue weighted by Gasteiger charge is -1.99. The number of thiazole rings is 1. The molecule has 0 atom stereocenters. The van der Waals surface area contributed by atoms with Crippen molar-refractivity contribution in [3.05, 3.63) is 34.8 Å². The molecular weight excluding hydrogens is 206 g/mol. The van der Waals surface area contributed by atoms with Gasteiger partial charge in [-0.25, -0.2) is 4.98 Å². The fourth-order valence-electron chi connectivity index (χ4n) is 1.96. The second-order valence-electron chi connectivity index (χ2n) is 3.76. The van der Waals surface area contributed by atoms with E-state index in [1.54, 1.807) is 17.4 Å². The third-order valence-electron chi connectivity index (χ3n) is 2.73. The number of aryl methyl sites for hydroxylation is 2. The van der Waals surface area contributed by atoms with Crippen LogP contribution < -0.4 is 0 Å². The van der Waals surface area contributed by atoms with E-state index in [4.69, 9.17) is 0 Å². The number of phenolic OH excluding ortho intramolecular Hbond substituents is 1. The van der Waals surface area contributed by atoms with Gasteiger partial charge in [0.25, 0.3) is 0 Å². The topological polar surface area (TPSA) is 33.1 Å². The highest BCUT2D eigenvalue weighted by Gasteiger charge is 2.18. The van der Waals surface area contributed by atoms with Gasteiger partial charge < -0.3 is 5.11 Å². The van der Waals surface area contributed by atoms with Gasteiger partial charge in [0.05, 0.1) is 11.3 Å². The average molecular weight is 217 g/mol. The molecule has 1 aromatic carbocycles. The summed E-state index contributed by atoms with van der Waals surface area (Å²) in [5.74, 6) is 0.324. The Morgan fingerprint density at radius 3 is 2.87 bits per heavy atom. The lowest BCUT2D eigenvalue weighted by Crippen LogP contribution is -1.81. The van der Waals surface area contributed by atoms with Gasteiger partial charge in [0, 0.05) is 4.88 Å². The van der Waals surface area contributed by atoms with E-state index >= 15 is 0 Å². The second kappa shape index (κ2) is 3.35. The zero-order valence-electron chi connectivity index (χ0n) is 8.23. The Labute approximate surface area is 92.2 Å². The minimum absolute atomic E-state index is 0.324. The minimum atomic E-state index is 0.324. The molecule has 0 fully saturated rings. The first-order valence-corrected chi connectivity index (χ1v) is 5.93. The Bertz CT molecular complexity index is 483. The van der Waals surface area contributed by atoms with Crippen LogP contribution >= 0.6 is 11.3 Å². The summed E-state index contributed by atoms with van der Waals surface area (Å²) in [4.78, 5) is 5.98. The maximum absolute atomic E-state index is 9.72. The molecule has 1 aliphatic carbocycles. The van der Waals surface area contributed by atoms with Crippen molar-refractivity contribution in [2.24, 2.45) is 0 Å². The van der Waals surface area contributed by atoms with Crippen LogP contribution in [0.4, 0.5) is 0 Å². The number of aromatic nitrogens is 1. The van der Waals surface area contributed by atoms with Crippen LogP contribution in [0.5, 0.6) is 5.75 Å². The summed E-state index contributed by atoms with van der Waals surface area (Å²) in [5, 5.41) is 10.7. The summed E-state index contributed by atoms with van der Waals surface area (Å²) in [7, 11) is 0. The van der Waals surface area contributed by atoms with Crippen LogP contribution in [-0.4, -0.2) is 10.1 Å². The van der Waals surface area contributed by atoms with Gasteiger partial charge in [-0.3, -0.25) is 0 Å². The molecule has 0 aliphatic heterocycles. The summed E-state index contributed by atoms with van der Waals surface area (Å²) < 4.78 is 0. The maximum atomic E-state index is 9.72. The van der Waals surface area contributed by atoms with Crippen molar-refractivity contribution < 1.29 is 5.11 Å². The van der Waals surface area contributed by atoms with Crippen LogP contribution in [0.15, 0.2) is 24.3 Å². The van der Waals surface area contributed by atoms with Crippen LogP contribution in [0.2, 0.25) is 0 Å². The number of hydrogen-bond donors (Lipinski definition) is 1. The van der Waals surface area contributed by atoms with E-state index in [-0.39, 0.29) is 0 Å². The molecule has 0 saturated carbocycles. The van der Waals surface area contributed by atoms with Gasteiger partial charge in [-0.05, 0) is 31.4 Å². The van der Waals surface area contributed by atoms with Crippen molar-refractivity contribution in [2.45, 2.75) is 19.3 Å². The van der Waals surface area contributed by atoms with Crippen LogP contribution in [0.25, 0.3) is 10.6 Å². The van der Waals surface area contributed by atoms with Gasteiger partial charge >= 0.3 is 0 Å². The molecular formula is C12H11NOS. The highest BCUT2D eigenvalue weighted by molar-refractivity contribution is 7.15. The third-order valence-corrected chi connectivity index (χ3v) is 3.92. The highest BCUT2D eigenvalue weighted by atomic mass is 32.1. The zero-order chi connectivity index (χ0) is 10.3. The number of benzene rings is 1. The predicted molar refractivity (Wildman–Crippen MR) is 61.2 cm³/mol. The summed E-state index contributed by atoms with van der Waals surface area (Å²) in [6.45, 7) is 0. The standard InChI is InChI=1S/C12H11NOS/c14-10-6-2-1-4-8(10)12-13-9-5-3-7-11(9)15-12/h1-2,4,6,14H,3,5,7H2. The number of rotatable bonds is 1. The lowest BCUT2D eigenvalue weighted by atomic mass is 10.2. The number of nitrogens with zero attached hydrogens (tertiary/aromatic N) is 1. The highest BCUT2D eigenvalue weighted by Crippen LogP contribution is 2.36. The summed E-state index contributed by atoms with van der Waals surface area (Å²) >= 11 is 1.72. The van der Waals surface area contributed by atoms with E-state index in [0.29, 0.717) is 5.75 Å². The quantitative estimate of drug-likeness (QED) is 0.796. The van der Waals surface area contributed by atoms with Gasteiger partial charge in [-0.1, -0.05) is 12.1 Å². The molecule has 3 heteroatoms. The molecule has 0 amide bonds. The third kappa shape index (κ3) is 1.43. The lowest BCUT2D eigenvalue weighted by molar-refractivity contribution is 0.477. The molecule has 1 heterocycles. The fourth-order valence-corrected chi connectivity index (χ4v) is 3.14. The summed E-state index contributed by atoms with van der Waals surface area (Å²) in [6.07, 6.45) is 3.48. The van der Waals surface area contributed by atoms with Gasteiger partial charge in [0.2, 0.25) is 0 Å². The average Bonchev–Trinajstić information content (AvgIpc) is 2.77. The monoisotopic (exact) mass is 217 g/mol. The van der Waals surface area contributed by atoms with Crippen molar-refractivity contribution in [3.8, 4) is 16.3 Å². The minimum Gasteiger partial charge on any atom is -0.507 e. The Morgan fingerprint density at radius 1 is 1.20 bits per heavy atom. The van der Waals surface area contributed by atoms with Crippen molar-refractivity contribution in [1.82, 2.24) is 4.98 Å². The van der Waals surface area contributed by atoms with Gasteiger partial charge in [0.1, 0.15) is 10.8 Å². The van der Waals surface area contributed by atoms with Crippen LogP contribution in [0.3, 0.4) is 0 Å². The number of para-hydroxylation sites is 1. The van der Waals surface area contributed by atoms with E-state index in [2.05, 4.69) is 4.98 Å². The zero-order valence-corrected chi connectivity index (χ0v) is 9.05. The van der Waals surface area contributed by atoms with Crippen molar-refractivity contribution in [3.63, 3.8) is 0 Å². The number of fused-ring (bicyclic) bond motifs is 1. The number of aromatic hydroxyl groups is 1. The van der Waals surface area contributed by atoms with Crippen LogP contribution in [0, 0.1) is 0 Å². The first-order valence-electron chi connectivity index (χ1n) is 5.11. The molecule has 2 aromatic rings. The molecule has 0 unspecified atom stereocenters. The molecule has 1 N–H and O–H groups in total. The van der Waals surface area contributed by atoms with Crippen molar-refractivity contribution in [1.29, 1.82) is 0 Å². The Balaban J connectivity index is 2.10. The smallest absolute Gasteiger partial charge is 0.127 e. The SMILES string of the molecule is Oc1ccccc1-c1nc2c(s1)CCC2. The van der Waals surface area contributed by atoms with E-state index in [1.807, 2.05) is 18.2 Å². The molecule has 0 saturated heterocycles.